The molecule has 2 aliphatic rings. The highest BCUT2D eigenvalue weighted by Crippen LogP contribution is 2.42. The van der Waals surface area contributed by atoms with Crippen molar-refractivity contribution in [3.63, 3.8) is 0 Å². The maximum Gasteiger partial charge on any atom is 0.106 e. The van der Waals surface area contributed by atoms with Crippen LogP contribution in [0, 0.1) is 11.8 Å². The highest BCUT2D eigenvalue weighted by Gasteiger charge is 2.32. The minimum Gasteiger partial charge on any atom is -0.379 e. The molecule has 3 unspecified atom stereocenters. The average Bonchev–Trinajstić information content (AvgIpc) is 2.99. The van der Waals surface area contributed by atoms with Crippen LogP contribution < -0.4 is 5.32 Å². The standard InChI is InChI=1S/C17H21ClN2S/c18-14-7-8-15-17(19-10-21-15)16(14)20-13-6-5-11-3-1-2-4-12(11)9-13/h7-8,10-13,20H,1-6,9H2. The summed E-state index contributed by atoms with van der Waals surface area (Å²) in [5, 5.41) is 4.53. The molecule has 3 atom stereocenters. The van der Waals surface area contributed by atoms with Crippen molar-refractivity contribution in [3.05, 3.63) is 22.7 Å². The molecule has 4 rings (SSSR count). The number of rotatable bonds is 2. The molecule has 0 amide bonds. The maximum atomic E-state index is 6.42. The zero-order valence-corrected chi connectivity index (χ0v) is 13.7. The monoisotopic (exact) mass is 320 g/mol. The molecule has 0 spiro atoms. The van der Waals surface area contributed by atoms with Crippen molar-refractivity contribution in [2.24, 2.45) is 11.8 Å². The molecule has 1 N–H and O–H groups in total. The minimum atomic E-state index is 0.564. The van der Waals surface area contributed by atoms with E-state index in [-0.39, 0.29) is 0 Å². The predicted molar refractivity (Wildman–Crippen MR) is 91.3 cm³/mol. The largest absolute Gasteiger partial charge is 0.379 e. The van der Waals surface area contributed by atoms with Gasteiger partial charge in [0.2, 0.25) is 0 Å². The fourth-order valence-corrected chi connectivity index (χ4v) is 5.14. The SMILES string of the molecule is Clc1ccc2scnc2c1NC1CCC2CCCCC2C1. The van der Waals surface area contributed by atoms with Crippen molar-refractivity contribution < 1.29 is 0 Å². The molecule has 1 aromatic heterocycles. The van der Waals surface area contributed by atoms with E-state index in [1.165, 1.54) is 49.6 Å². The van der Waals surface area contributed by atoms with E-state index in [4.69, 9.17) is 11.6 Å². The predicted octanol–water partition coefficient (Wildman–Crippen LogP) is 5.72. The van der Waals surface area contributed by atoms with Crippen LogP contribution in [0.3, 0.4) is 0 Å². The van der Waals surface area contributed by atoms with Gasteiger partial charge in [-0.2, -0.15) is 0 Å². The Labute approximate surface area is 134 Å². The Morgan fingerprint density at radius 1 is 1.10 bits per heavy atom. The van der Waals surface area contributed by atoms with Crippen LogP contribution in [-0.4, -0.2) is 11.0 Å². The molecule has 0 bridgehead atoms. The number of hydrogen-bond donors (Lipinski definition) is 1. The fourth-order valence-electron chi connectivity index (χ4n) is 4.25. The van der Waals surface area contributed by atoms with E-state index >= 15 is 0 Å². The van der Waals surface area contributed by atoms with Gasteiger partial charge in [0.25, 0.3) is 0 Å². The highest BCUT2D eigenvalue weighted by molar-refractivity contribution is 7.16. The lowest BCUT2D eigenvalue weighted by Crippen LogP contribution is -2.34. The van der Waals surface area contributed by atoms with Crippen LogP contribution in [0.2, 0.25) is 5.02 Å². The van der Waals surface area contributed by atoms with E-state index in [2.05, 4.69) is 16.4 Å². The van der Waals surface area contributed by atoms with E-state index in [9.17, 15) is 0 Å². The van der Waals surface area contributed by atoms with Crippen molar-refractivity contribution in [2.45, 2.75) is 51.0 Å². The Balaban J connectivity index is 1.55. The lowest BCUT2D eigenvalue weighted by Gasteiger charge is -2.40. The Bertz CT molecular complexity index is 639. The van der Waals surface area contributed by atoms with Gasteiger partial charge in [-0.1, -0.05) is 37.3 Å². The van der Waals surface area contributed by atoms with Gasteiger partial charge in [-0.3, -0.25) is 0 Å². The third-order valence-corrected chi connectivity index (χ3v) is 6.45. The summed E-state index contributed by atoms with van der Waals surface area (Å²) in [6.45, 7) is 0. The molecule has 1 heterocycles. The summed E-state index contributed by atoms with van der Waals surface area (Å²) >= 11 is 8.10. The molecule has 2 aliphatic carbocycles. The van der Waals surface area contributed by atoms with Crippen molar-refractivity contribution in [1.82, 2.24) is 4.98 Å². The van der Waals surface area contributed by atoms with Gasteiger partial charge in [0.1, 0.15) is 5.52 Å². The zero-order chi connectivity index (χ0) is 14.2. The molecule has 2 aromatic rings. The molecule has 0 aliphatic heterocycles. The molecule has 2 nitrogen and oxygen atoms in total. The van der Waals surface area contributed by atoms with E-state index in [1.807, 2.05) is 11.6 Å². The van der Waals surface area contributed by atoms with Crippen molar-refractivity contribution in [1.29, 1.82) is 0 Å². The first-order chi connectivity index (χ1) is 10.3. The maximum absolute atomic E-state index is 6.42. The topological polar surface area (TPSA) is 24.9 Å². The second kappa shape index (κ2) is 5.77. The zero-order valence-electron chi connectivity index (χ0n) is 12.1. The van der Waals surface area contributed by atoms with E-state index in [1.54, 1.807) is 11.3 Å². The molecular weight excluding hydrogens is 300 g/mol. The summed E-state index contributed by atoms with van der Waals surface area (Å²) in [7, 11) is 0. The lowest BCUT2D eigenvalue weighted by atomic mass is 9.69. The first kappa shape index (κ1) is 13.8. The van der Waals surface area contributed by atoms with Crippen LogP contribution in [0.4, 0.5) is 5.69 Å². The number of anilines is 1. The molecule has 2 saturated carbocycles. The number of hydrogen-bond acceptors (Lipinski definition) is 3. The van der Waals surface area contributed by atoms with Crippen LogP contribution in [0.5, 0.6) is 0 Å². The summed E-state index contributed by atoms with van der Waals surface area (Å²) in [6, 6.07) is 4.63. The second-order valence-corrected chi connectivity index (χ2v) is 7.87. The molecule has 2 fully saturated rings. The minimum absolute atomic E-state index is 0.564. The first-order valence-corrected chi connectivity index (χ1v) is 9.35. The highest BCUT2D eigenvalue weighted by atomic mass is 35.5. The van der Waals surface area contributed by atoms with Gasteiger partial charge in [-0.15, -0.1) is 11.3 Å². The smallest absolute Gasteiger partial charge is 0.106 e. The Morgan fingerprint density at radius 3 is 2.86 bits per heavy atom. The molecule has 21 heavy (non-hydrogen) atoms. The third kappa shape index (κ3) is 2.66. The van der Waals surface area contributed by atoms with Gasteiger partial charge in [0.15, 0.2) is 0 Å². The summed E-state index contributed by atoms with van der Waals surface area (Å²) in [4.78, 5) is 4.50. The van der Waals surface area contributed by atoms with Gasteiger partial charge < -0.3 is 5.32 Å². The Kier molecular flexibility index (Phi) is 3.80. The quantitative estimate of drug-likeness (QED) is 0.765. The Morgan fingerprint density at radius 2 is 1.95 bits per heavy atom. The van der Waals surface area contributed by atoms with Crippen molar-refractivity contribution in [2.75, 3.05) is 5.32 Å². The summed E-state index contributed by atoms with van der Waals surface area (Å²) in [5.74, 6) is 1.92. The Hall–Kier alpha value is -0.800. The van der Waals surface area contributed by atoms with Gasteiger partial charge in [-0.25, -0.2) is 4.98 Å². The van der Waals surface area contributed by atoms with Crippen molar-refractivity contribution >= 4 is 38.8 Å². The molecule has 4 heteroatoms. The molecule has 0 saturated heterocycles. The van der Waals surface area contributed by atoms with Gasteiger partial charge in [0, 0.05) is 6.04 Å². The first-order valence-electron chi connectivity index (χ1n) is 8.09. The number of fused-ring (bicyclic) bond motifs is 2. The third-order valence-electron chi connectivity index (χ3n) is 5.34. The summed E-state index contributed by atoms with van der Waals surface area (Å²) in [6.07, 6.45) is 9.73. The summed E-state index contributed by atoms with van der Waals surface area (Å²) < 4.78 is 1.22. The van der Waals surface area contributed by atoms with Gasteiger partial charge in [-0.05, 0) is 43.2 Å². The molecule has 0 radical (unpaired) electrons. The van der Waals surface area contributed by atoms with Crippen LogP contribution in [0.25, 0.3) is 10.2 Å². The number of benzene rings is 1. The molecular formula is C17H21ClN2S. The van der Waals surface area contributed by atoms with Crippen LogP contribution in [0.1, 0.15) is 44.9 Å². The van der Waals surface area contributed by atoms with E-state index in [0.717, 1.165) is 28.1 Å². The number of aromatic nitrogens is 1. The average molecular weight is 321 g/mol. The number of halogens is 1. The van der Waals surface area contributed by atoms with Crippen LogP contribution in [-0.2, 0) is 0 Å². The normalized spacial score (nSPS) is 29.3. The second-order valence-electron chi connectivity index (χ2n) is 6.58. The van der Waals surface area contributed by atoms with Gasteiger partial charge >= 0.3 is 0 Å². The van der Waals surface area contributed by atoms with Crippen molar-refractivity contribution in [3.8, 4) is 0 Å². The van der Waals surface area contributed by atoms with Crippen LogP contribution in [0.15, 0.2) is 17.6 Å². The molecule has 112 valence electrons. The van der Waals surface area contributed by atoms with E-state index in [0.29, 0.717) is 6.04 Å². The molecule has 1 aromatic carbocycles. The van der Waals surface area contributed by atoms with Gasteiger partial charge in [0.05, 0.1) is 20.9 Å². The number of nitrogens with zero attached hydrogens (tertiary/aromatic N) is 1. The fraction of sp³-hybridized carbons (Fsp3) is 0.588. The number of thiazole rings is 1. The van der Waals surface area contributed by atoms with Crippen LogP contribution >= 0.6 is 22.9 Å². The number of nitrogens with one attached hydrogen (secondary N) is 1. The lowest BCUT2D eigenvalue weighted by molar-refractivity contribution is 0.162. The van der Waals surface area contributed by atoms with E-state index < -0.39 is 0 Å². The summed E-state index contributed by atoms with van der Waals surface area (Å²) in [5.41, 5.74) is 4.00.